The largest absolute Gasteiger partial charge is 0.481 e. The van der Waals surface area contributed by atoms with E-state index < -0.39 is 5.97 Å². The van der Waals surface area contributed by atoms with Crippen molar-refractivity contribution in [1.29, 1.82) is 0 Å². The molecular weight excluding hydrogens is 236 g/mol. The minimum atomic E-state index is -0.815. The van der Waals surface area contributed by atoms with Gasteiger partial charge in [-0.2, -0.15) is 5.10 Å². The van der Waals surface area contributed by atoms with Gasteiger partial charge >= 0.3 is 12.0 Å². The molecule has 0 atom stereocenters. The molecule has 0 spiro atoms. The summed E-state index contributed by atoms with van der Waals surface area (Å²) in [7, 11) is 0. The maximum Gasteiger partial charge on any atom is 0.321 e. The number of carbonyl (C=O) groups is 2. The second-order valence-electron chi connectivity index (χ2n) is 4.38. The zero-order valence-corrected chi connectivity index (χ0v) is 10.2. The highest BCUT2D eigenvalue weighted by Gasteiger charge is 2.32. The standard InChI is InChI=1S/C11H16N4O3/c1-2-15-7-9(4-12-15)13-11(18)14-5-8(6-14)3-10(16)17/h4,7-8H,2-3,5-6H2,1H3,(H,13,18)(H,16,17). The van der Waals surface area contributed by atoms with Crippen LogP contribution in [-0.2, 0) is 11.3 Å². The van der Waals surface area contributed by atoms with Crippen molar-refractivity contribution in [2.45, 2.75) is 19.9 Å². The van der Waals surface area contributed by atoms with E-state index in [0.717, 1.165) is 6.54 Å². The fourth-order valence-electron chi connectivity index (χ4n) is 1.92. The second-order valence-corrected chi connectivity index (χ2v) is 4.38. The third kappa shape index (κ3) is 2.79. The number of amides is 2. The molecule has 2 rings (SSSR count). The SMILES string of the molecule is CCn1cc(NC(=O)N2CC(CC(=O)O)C2)cn1. The van der Waals surface area contributed by atoms with Gasteiger partial charge in [-0.3, -0.25) is 9.48 Å². The van der Waals surface area contributed by atoms with Crippen molar-refractivity contribution in [2.75, 3.05) is 18.4 Å². The molecular formula is C11H16N4O3. The fourth-order valence-corrected chi connectivity index (χ4v) is 1.92. The molecule has 0 aliphatic carbocycles. The number of rotatable bonds is 4. The summed E-state index contributed by atoms with van der Waals surface area (Å²) in [5, 5.41) is 15.4. The number of hydrogen-bond donors (Lipinski definition) is 2. The molecule has 2 N–H and O–H groups in total. The lowest BCUT2D eigenvalue weighted by atomic mass is 9.97. The molecule has 0 unspecified atom stereocenters. The molecule has 1 saturated heterocycles. The van der Waals surface area contributed by atoms with Crippen LogP contribution in [0.3, 0.4) is 0 Å². The number of urea groups is 1. The van der Waals surface area contributed by atoms with Crippen LogP contribution in [-0.4, -0.2) is 44.9 Å². The Balaban J connectivity index is 1.78. The molecule has 18 heavy (non-hydrogen) atoms. The summed E-state index contributed by atoms with van der Waals surface area (Å²) < 4.78 is 1.72. The van der Waals surface area contributed by atoms with Crippen LogP contribution < -0.4 is 5.32 Å². The average molecular weight is 252 g/mol. The van der Waals surface area contributed by atoms with Crippen LogP contribution in [0.2, 0.25) is 0 Å². The second kappa shape index (κ2) is 5.07. The Kier molecular flexibility index (Phi) is 3.50. The molecule has 2 heterocycles. The van der Waals surface area contributed by atoms with Gasteiger partial charge in [-0.05, 0) is 6.92 Å². The third-order valence-electron chi connectivity index (χ3n) is 2.92. The quantitative estimate of drug-likeness (QED) is 0.831. The Morgan fingerprint density at radius 1 is 1.56 bits per heavy atom. The number of carbonyl (C=O) groups excluding carboxylic acids is 1. The van der Waals surface area contributed by atoms with Crippen molar-refractivity contribution in [3.05, 3.63) is 12.4 Å². The van der Waals surface area contributed by atoms with Crippen LogP contribution in [0.15, 0.2) is 12.4 Å². The zero-order valence-electron chi connectivity index (χ0n) is 10.2. The van der Waals surface area contributed by atoms with E-state index >= 15 is 0 Å². The molecule has 1 aromatic heterocycles. The van der Waals surface area contributed by atoms with Gasteiger partial charge in [-0.1, -0.05) is 0 Å². The molecule has 0 radical (unpaired) electrons. The number of likely N-dealkylation sites (tertiary alicyclic amines) is 1. The lowest BCUT2D eigenvalue weighted by Gasteiger charge is -2.38. The Morgan fingerprint density at radius 3 is 2.83 bits per heavy atom. The summed E-state index contributed by atoms with van der Waals surface area (Å²) in [5.41, 5.74) is 0.656. The topological polar surface area (TPSA) is 87.5 Å². The van der Waals surface area contributed by atoms with Crippen molar-refractivity contribution >= 4 is 17.7 Å². The van der Waals surface area contributed by atoms with Gasteiger partial charge < -0.3 is 15.3 Å². The van der Waals surface area contributed by atoms with E-state index in [2.05, 4.69) is 10.4 Å². The first-order valence-corrected chi connectivity index (χ1v) is 5.88. The molecule has 7 nitrogen and oxygen atoms in total. The zero-order chi connectivity index (χ0) is 13.1. The van der Waals surface area contributed by atoms with E-state index in [1.54, 1.807) is 22.0 Å². The van der Waals surface area contributed by atoms with Gasteiger partial charge in [-0.15, -0.1) is 0 Å². The summed E-state index contributed by atoms with van der Waals surface area (Å²) in [6.07, 6.45) is 3.47. The van der Waals surface area contributed by atoms with Crippen LogP contribution in [0.1, 0.15) is 13.3 Å². The summed E-state index contributed by atoms with van der Waals surface area (Å²) >= 11 is 0. The van der Waals surface area contributed by atoms with Crippen LogP contribution in [0.4, 0.5) is 10.5 Å². The number of aryl methyl sites for hydroxylation is 1. The van der Waals surface area contributed by atoms with E-state index in [-0.39, 0.29) is 18.4 Å². The molecule has 98 valence electrons. The lowest BCUT2D eigenvalue weighted by Crippen LogP contribution is -2.52. The van der Waals surface area contributed by atoms with Crippen molar-refractivity contribution < 1.29 is 14.7 Å². The van der Waals surface area contributed by atoms with E-state index in [4.69, 9.17) is 5.11 Å². The first kappa shape index (κ1) is 12.4. The summed E-state index contributed by atoms with van der Waals surface area (Å²) in [6, 6.07) is -0.202. The fraction of sp³-hybridized carbons (Fsp3) is 0.545. The molecule has 1 aromatic rings. The smallest absolute Gasteiger partial charge is 0.321 e. The van der Waals surface area contributed by atoms with Crippen molar-refractivity contribution in [1.82, 2.24) is 14.7 Å². The minimum absolute atomic E-state index is 0.0756. The molecule has 0 saturated carbocycles. The molecule has 1 aliphatic rings. The third-order valence-corrected chi connectivity index (χ3v) is 2.92. The Morgan fingerprint density at radius 2 is 2.28 bits per heavy atom. The van der Waals surface area contributed by atoms with E-state index in [9.17, 15) is 9.59 Å². The van der Waals surface area contributed by atoms with E-state index in [1.807, 2.05) is 6.92 Å². The normalized spacial score (nSPS) is 15.3. The summed E-state index contributed by atoms with van der Waals surface area (Å²) in [4.78, 5) is 23.8. The first-order valence-electron chi connectivity index (χ1n) is 5.88. The Bertz CT molecular complexity index is 451. The van der Waals surface area contributed by atoms with Gasteiger partial charge in [0.15, 0.2) is 0 Å². The summed E-state index contributed by atoms with van der Waals surface area (Å²) in [5.74, 6) is -0.740. The maximum absolute atomic E-state index is 11.8. The van der Waals surface area contributed by atoms with Gasteiger partial charge in [0.1, 0.15) is 0 Å². The Labute approximate surface area is 104 Å². The van der Waals surface area contributed by atoms with Crippen LogP contribution in [0, 0.1) is 5.92 Å². The predicted octanol–water partition coefficient (Wildman–Crippen LogP) is 0.841. The minimum Gasteiger partial charge on any atom is -0.481 e. The van der Waals surface area contributed by atoms with Crippen molar-refractivity contribution in [2.24, 2.45) is 5.92 Å². The van der Waals surface area contributed by atoms with Gasteiger partial charge in [0.25, 0.3) is 0 Å². The number of aliphatic carboxylic acids is 1. The molecule has 1 fully saturated rings. The van der Waals surface area contributed by atoms with E-state index in [1.165, 1.54) is 0 Å². The highest BCUT2D eigenvalue weighted by Crippen LogP contribution is 2.20. The molecule has 0 bridgehead atoms. The number of aromatic nitrogens is 2. The first-order chi connectivity index (χ1) is 8.58. The molecule has 0 aromatic carbocycles. The van der Waals surface area contributed by atoms with Gasteiger partial charge in [0.05, 0.1) is 18.3 Å². The van der Waals surface area contributed by atoms with Gasteiger partial charge in [-0.25, -0.2) is 4.79 Å². The molecule has 1 aliphatic heterocycles. The monoisotopic (exact) mass is 252 g/mol. The lowest BCUT2D eigenvalue weighted by molar-refractivity contribution is -0.139. The van der Waals surface area contributed by atoms with Gasteiger partial charge in [0, 0.05) is 31.7 Å². The molecule has 7 heteroatoms. The predicted molar refractivity (Wildman–Crippen MR) is 64.2 cm³/mol. The number of anilines is 1. The number of nitrogens with one attached hydrogen (secondary N) is 1. The number of carboxylic acid groups (broad SMARTS) is 1. The summed E-state index contributed by atoms with van der Waals surface area (Å²) in [6.45, 7) is 3.71. The van der Waals surface area contributed by atoms with E-state index in [0.29, 0.717) is 18.8 Å². The van der Waals surface area contributed by atoms with Crippen LogP contribution in [0.25, 0.3) is 0 Å². The van der Waals surface area contributed by atoms with Crippen LogP contribution >= 0.6 is 0 Å². The number of nitrogens with zero attached hydrogens (tertiary/aromatic N) is 3. The van der Waals surface area contributed by atoms with Gasteiger partial charge in [0.2, 0.25) is 0 Å². The van der Waals surface area contributed by atoms with Crippen molar-refractivity contribution in [3.63, 3.8) is 0 Å². The highest BCUT2D eigenvalue weighted by molar-refractivity contribution is 5.89. The Hall–Kier alpha value is -2.05. The number of carboxylic acids is 1. The maximum atomic E-state index is 11.8. The average Bonchev–Trinajstić information content (AvgIpc) is 2.70. The highest BCUT2D eigenvalue weighted by atomic mass is 16.4. The van der Waals surface area contributed by atoms with Crippen LogP contribution in [0.5, 0.6) is 0 Å². The molecule has 2 amide bonds. The number of hydrogen-bond acceptors (Lipinski definition) is 3. The van der Waals surface area contributed by atoms with Crippen molar-refractivity contribution in [3.8, 4) is 0 Å².